The first-order valence-corrected chi connectivity index (χ1v) is 3.79. The Morgan fingerprint density at radius 1 is 1.36 bits per heavy atom. The van der Waals surface area contributed by atoms with Crippen molar-refractivity contribution in [2.24, 2.45) is 0 Å². The van der Waals surface area contributed by atoms with Crippen LogP contribution in [0.3, 0.4) is 0 Å². The number of carbonyl (C=O) groups is 1. The molecule has 0 aromatic rings. The molecule has 0 radical (unpaired) electrons. The van der Waals surface area contributed by atoms with E-state index in [0.717, 1.165) is 0 Å². The minimum absolute atomic E-state index is 0.761. The maximum absolute atomic E-state index is 10.7. The summed E-state index contributed by atoms with van der Waals surface area (Å²) in [6, 6.07) is 0. The van der Waals surface area contributed by atoms with E-state index in [1.165, 1.54) is 0 Å². The molecule has 0 bridgehead atoms. The molecule has 1 heterocycles. The van der Waals surface area contributed by atoms with Crippen molar-refractivity contribution in [3.63, 3.8) is 0 Å². The van der Waals surface area contributed by atoms with Gasteiger partial charge < -0.3 is 30.3 Å². The standard InChI is InChI=1S/C7H10O7/c8-1-2(9)3(10)6-4(11)5(12)7(13)14-6/h2-3,6,8-12H,1H2/t2-,3-,6?/m1/s1. The van der Waals surface area contributed by atoms with Gasteiger partial charge in [-0.15, -0.1) is 0 Å². The lowest BCUT2D eigenvalue weighted by Crippen LogP contribution is -2.40. The van der Waals surface area contributed by atoms with E-state index in [4.69, 9.17) is 20.4 Å². The normalized spacial score (nSPS) is 26.2. The number of hydrogen-bond donors (Lipinski definition) is 5. The fourth-order valence-electron chi connectivity index (χ4n) is 1.01. The average Bonchev–Trinajstić information content (AvgIpc) is 2.43. The van der Waals surface area contributed by atoms with Crippen molar-refractivity contribution in [1.29, 1.82) is 0 Å². The molecule has 0 spiro atoms. The van der Waals surface area contributed by atoms with Crippen LogP contribution < -0.4 is 0 Å². The molecule has 0 aromatic heterocycles. The van der Waals surface area contributed by atoms with Gasteiger partial charge in [-0.3, -0.25) is 0 Å². The zero-order valence-electron chi connectivity index (χ0n) is 6.99. The van der Waals surface area contributed by atoms with E-state index < -0.39 is 42.4 Å². The van der Waals surface area contributed by atoms with Crippen LogP contribution in [0.15, 0.2) is 11.5 Å². The number of rotatable bonds is 3. The number of esters is 1. The van der Waals surface area contributed by atoms with Crippen molar-refractivity contribution < 1.29 is 35.1 Å². The van der Waals surface area contributed by atoms with Gasteiger partial charge in [0.2, 0.25) is 5.76 Å². The lowest BCUT2D eigenvalue weighted by Gasteiger charge is -2.20. The first-order valence-electron chi connectivity index (χ1n) is 3.79. The highest BCUT2D eigenvalue weighted by atomic mass is 16.6. The second kappa shape index (κ2) is 3.82. The monoisotopic (exact) mass is 206 g/mol. The van der Waals surface area contributed by atoms with Gasteiger partial charge in [-0.05, 0) is 0 Å². The van der Waals surface area contributed by atoms with Gasteiger partial charge in [0, 0.05) is 0 Å². The van der Waals surface area contributed by atoms with E-state index in [2.05, 4.69) is 4.74 Å². The highest BCUT2D eigenvalue weighted by Crippen LogP contribution is 2.22. The van der Waals surface area contributed by atoms with Crippen molar-refractivity contribution in [3.8, 4) is 0 Å². The van der Waals surface area contributed by atoms with Crippen LogP contribution in [0.4, 0.5) is 0 Å². The highest BCUT2D eigenvalue weighted by Gasteiger charge is 2.41. The molecule has 1 unspecified atom stereocenters. The SMILES string of the molecule is O=C1OC([C@H](O)[C@H](O)CO)C(O)=C1O. The number of cyclic esters (lactones) is 1. The van der Waals surface area contributed by atoms with E-state index in [-0.39, 0.29) is 0 Å². The number of aliphatic hydroxyl groups excluding tert-OH is 5. The molecule has 0 saturated carbocycles. The van der Waals surface area contributed by atoms with Crippen LogP contribution in [-0.2, 0) is 9.53 Å². The highest BCUT2D eigenvalue weighted by molar-refractivity contribution is 5.89. The molecule has 80 valence electrons. The fraction of sp³-hybridized carbons (Fsp3) is 0.571. The molecule has 5 N–H and O–H groups in total. The molecule has 0 aromatic carbocycles. The topological polar surface area (TPSA) is 127 Å². The van der Waals surface area contributed by atoms with E-state index in [1.807, 2.05) is 0 Å². The maximum atomic E-state index is 10.7. The van der Waals surface area contributed by atoms with Gasteiger partial charge in [-0.1, -0.05) is 0 Å². The van der Waals surface area contributed by atoms with Crippen molar-refractivity contribution in [2.75, 3.05) is 6.61 Å². The second-order valence-corrected chi connectivity index (χ2v) is 2.80. The van der Waals surface area contributed by atoms with E-state index in [0.29, 0.717) is 0 Å². The predicted molar refractivity (Wildman–Crippen MR) is 41.3 cm³/mol. The van der Waals surface area contributed by atoms with Gasteiger partial charge in [0.15, 0.2) is 11.9 Å². The average molecular weight is 206 g/mol. The van der Waals surface area contributed by atoms with Crippen molar-refractivity contribution in [3.05, 3.63) is 11.5 Å². The Labute approximate surface area is 78.5 Å². The second-order valence-electron chi connectivity index (χ2n) is 2.80. The molecule has 3 atom stereocenters. The minimum atomic E-state index is -1.69. The molecular formula is C7H10O7. The largest absolute Gasteiger partial charge is 0.505 e. The van der Waals surface area contributed by atoms with Crippen LogP contribution in [0.1, 0.15) is 0 Å². The summed E-state index contributed by atoms with van der Waals surface area (Å²) < 4.78 is 4.34. The molecule has 0 aliphatic carbocycles. The number of carbonyl (C=O) groups excluding carboxylic acids is 1. The van der Waals surface area contributed by atoms with Crippen LogP contribution in [0.25, 0.3) is 0 Å². The maximum Gasteiger partial charge on any atom is 0.377 e. The Bertz CT molecular complexity index is 271. The van der Waals surface area contributed by atoms with Crippen molar-refractivity contribution >= 4 is 5.97 Å². The van der Waals surface area contributed by atoms with Gasteiger partial charge in [0.1, 0.15) is 12.2 Å². The Balaban J connectivity index is 2.78. The molecule has 0 saturated heterocycles. The Morgan fingerprint density at radius 2 is 1.93 bits per heavy atom. The van der Waals surface area contributed by atoms with Gasteiger partial charge in [-0.2, -0.15) is 0 Å². The number of ether oxygens (including phenoxy) is 1. The Hall–Kier alpha value is -1.31. The number of hydrogen-bond acceptors (Lipinski definition) is 7. The molecular weight excluding hydrogens is 196 g/mol. The van der Waals surface area contributed by atoms with Gasteiger partial charge in [0.05, 0.1) is 6.61 Å². The minimum Gasteiger partial charge on any atom is -0.505 e. The molecule has 0 amide bonds. The summed E-state index contributed by atoms with van der Waals surface area (Å²) >= 11 is 0. The Morgan fingerprint density at radius 3 is 2.29 bits per heavy atom. The third-order valence-electron chi connectivity index (χ3n) is 1.83. The van der Waals surface area contributed by atoms with Crippen LogP contribution in [-0.4, -0.2) is 56.4 Å². The van der Waals surface area contributed by atoms with E-state index in [9.17, 15) is 9.90 Å². The third-order valence-corrected chi connectivity index (χ3v) is 1.83. The molecule has 7 heteroatoms. The predicted octanol–water partition coefficient (Wildman–Crippen LogP) is -2.05. The van der Waals surface area contributed by atoms with Crippen molar-refractivity contribution in [1.82, 2.24) is 0 Å². The van der Waals surface area contributed by atoms with Crippen molar-refractivity contribution in [2.45, 2.75) is 18.3 Å². The summed E-state index contributed by atoms with van der Waals surface area (Å²) in [5, 5.41) is 44.6. The lowest BCUT2D eigenvalue weighted by molar-refractivity contribution is -0.151. The van der Waals surface area contributed by atoms with Crippen LogP contribution >= 0.6 is 0 Å². The summed E-state index contributed by atoms with van der Waals surface area (Å²) in [4.78, 5) is 10.7. The lowest BCUT2D eigenvalue weighted by atomic mass is 10.1. The zero-order chi connectivity index (χ0) is 10.9. The smallest absolute Gasteiger partial charge is 0.377 e. The third kappa shape index (κ3) is 1.65. The molecule has 14 heavy (non-hydrogen) atoms. The molecule has 1 rings (SSSR count). The molecule has 7 nitrogen and oxygen atoms in total. The molecule has 1 aliphatic rings. The first-order chi connectivity index (χ1) is 6.49. The van der Waals surface area contributed by atoms with E-state index in [1.54, 1.807) is 0 Å². The quantitative estimate of drug-likeness (QED) is 0.336. The molecule has 0 fully saturated rings. The van der Waals surface area contributed by atoms with Gasteiger partial charge in [0.25, 0.3) is 0 Å². The van der Waals surface area contributed by atoms with E-state index >= 15 is 0 Å². The van der Waals surface area contributed by atoms with Crippen LogP contribution in [0.2, 0.25) is 0 Å². The summed E-state index contributed by atoms with van der Waals surface area (Å²) in [7, 11) is 0. The van der Waals surface area contributed by atoms with Crippen LogP contribution in [0, 0.1) is 0 Å². The summed E-state index contributed by atoms with van der Waals surface area (Å²) in [6.07, 6.45) is -4.79. The number of aliphatic hydroxyl groups is 5. The Kier molecular flexibility index (Phi) is 2.94. The summed E-state index contributed by atoms with van der Waals surface area (Å²) in [5.74, 6) is -3.04. The van der Waals surface area contributed by atoms with Gasteiger partial charge >= 0.3 is 5.97 Å². The molecule has 1 aliphatic heterocycles. The van der Waals surface area contributed by atoms with Gasteiger partial charge in [-0.25, -0.2) is 4.79 Å². The van der Waals surface area contributed by atoms with Crippen LogP contribution in [0.5, 0.6) is 0 Å². The summed E-state index contributed by atoms with van der Waals surface area (Å²) in [5.41, 5.74) is 0. The summed E-state index contributed by atoms with van der Waals surface area (Å²) in [6.45, 7) is -0.761. The zero-order valence-corrected chi connectivity index (χ0v) is 6.99. The first kappa shape index (κ1) is 10.8. The fourth-order valence-corrected chi connectivity index (χ4v) is 1.01.